The predicted molar refractivity (Wildman–Crippen MR) is 54.1 cm³/mol. The van der Waals surface area contributed by atoms with Crippen molar-refractivity contribution in [2.75, 3.05) is 0 Å². The van der Waals surface area contributed by atoms with Crippen molar-refractivity contribution in [1.29, 1.82) is 5.41 Å². The van der Waals surface area contributed by atoms with E-state index in [1.54, 1.807) is 0 Å². The lowest BCUT2D eigenvalue weighted by molar-refractivity contribution is 0.0972. The van der Waals surface area contributed by atoms with E-state index in [1.807, 2.05) is 0 Å². The summed E-state index contributed by atoms with van der Waals surface area (Å²) in [6.07, 6.45) is 3.68. The maximum atomic E-state index is 11.4. The molecule has 0 fully saturated rings. The van der Waals surface area contributed by atoms with Crippen molar-refractivity contribution < 1.29 is 4.79 Å². The molecule has 0 amide bonds. The number of nitrogens with one attached hydrogen (secondary N) is 1. The number of carbonyl (C=O) groups is 1. The highest BCUT2D eigenvalue weighted by molar-refractivity contribution is 5.98. The van der Waals surface area contributed by atoms with Crippen molar-refractivity contribution >= 4 is 24.1 Å². The van der Waals surface area contributed by atoms with Gasteiger partial charge in [0.15, 0.2) is 5.78 Å². The van der Waals surface area contributed by atoms with Gasteiger partial charge in [0.2, 0.25) is 5.96 Å². The molecule has 76 valence electrons. The molecule has 0 bridgehead atoms. The van der Waals surface area contributed by atoms with Crippen LogP contribution in [-0.2, 0) is 6.42 Å². The Morgan fingerprint density at radius 2 is 2.29 bits per heavy atom. The summed E-state index contributed by atoms with van der Waals surface area (Å²) in [7, 11) is 0. The number of rotatable bonds is 0. The monoisotopic (exact) mass is 214 g/mol. The average molecular weight is 215 g/mol. The second-order valence-corrected chi connectivity index (χ2v) is 3.08. The lowest BCUT2D eigenvalue weighted by atomic mass is 9.97. The first-order valence-electron chi connectivity index (χ1n) is 4.14. The van der Waals surface area contributed by atoms with Crippen molar-refractivity contribution in [3.63, 3.8) is 0 Å². The van der Waals surface area contributed by atoms with Gasteiger partial charge in [-0.25, -0.2) is 4.68 Å². The van der Waals surface area contributed by atoms with Gasteiger partial charge in [0, 0.05) is 6.42 Å². The van der Waals surface area contributed by atoms with Gasteiger partial charge in [-0.3, -0.25) is 10.2 Å². The van der Waals surface area contributed by atoms with Crippen LogP contribution in [0, 0.1) is 5.41 Å². The molecular formula is C8H11ClN4O. The first-order chi connectivity index (χ1) is 6.20. The third-order valence-electron chi connectivity index (χ3n) is 2.21. The fourth-order valence-electron chi connectivity index (χ4n) is 1.61. The molecule has 14 heavy (non-hydrogen) atoms. The standard InChI is InChI=1S/C8H10N4O.ClH/c9-8(10)12-6-2-1-3-7(13)5(6)4-11-12;/h4H,1-3H2,(H3,9,10);1H. The molecule has 2 rings (SSSR count). The molecule has 1 aromatic heterocycles. The molecular weight excluding hydrogens is 204 g/mol. The molecule has 1 aliphatic carbocycles. The van der Waals surface area contributed by atoms with Crippen LogP contribution in [0.25, 0.3) is 0 Å². The Labute approximate surface area is 87.2 Å². The number of aromatic nitrogens is 2. The number of nitrogens with zero attached hydrogens (tertiary/aromatic N) is 2. The van der Waals surface area contributed by atoms with E-state index in [9.17, 15) is 4.79 Å². The van der Waals surface area contributed by atoms with E-state index in [4.69, 9.17) is 11.1 Å². The molecule has 1 aromatic rings. The molecule has 0 saturated carbocycles. The zero-order chi connectivity index (χ0) is 9.42. The third-order valence-corrected chi connectivity index (χ3v) is 2.21. The molecule has 1 aliphatic rings. The van der Waals surface area contributed by atoms with Gasteiger partial charge in [-0.05, 0) is 12.8 Å². The van der Waals surface area contributed by atoms with Crippen molar-refractivity contribution in [2.45, 2.75) is 19.3 Å². The summed E-state index contributed by atoms with van der Waals surface area (Å²) >= 11 is 0. The number of hydrogen-bond acceptors (Lipinski definition) is 3. The topological polar surface area (TPSA) is 84.8 Å². The number of fused-ring (bicyclic) bond motifs is 1. The second-order valence-electron chi connectivity index (χ2n) is 3.08. The minimum atomic E-state index is -0.129. The molecule has 6 heteroatoms. The first-order valence-corrected chi connectivity index (χ1v) is 4.14. The molecule has 3 N–H and O–H groups in total. The Hall–Kier alpha value is -1.36. The zero-order valence-electron chi connectivity index (χ0n) is 7.49. The Bertz CT molecular complexity index is 371. The normalized spacial score (nSPS) is 14.4. The Morgan fingerprint density at radius 3 is 2.93 bits per heavy atom. The number of carbonyl (C=O) groups excluding carboxylic acids is 1. The SMILES string of the molecule is Cl.N=C(N)n1ncc2c1CCCC2=O. The second kappa shape index (κ2) is 3.79. The number of nitrogen functional groups attached to an aromatic ring is 1. The van der Waals surface area contributed by atoms with Crippen LogP contribution in [0.15, 0.2) is 6.20 Å². The number of nitrogens with two attached hydrogens (primary N) is 1. The lowest BCUT2D eigenvalue weighted by Crippen LogP contribution is -2.25. The van der Waals surface area contributed by atoms with Crippen LogP contribution >= 0.6 is 12.4 Å². The van der Waals surface area contributed by atoms with Gasteiger partial charge in [-0.2, -0.15) is 5.10 Å². The highest BCUT2D eigenvalue weighted by Crippen LogP contribution is 2.19. The molecule has 1 heterocycles. The minimum absolute atomic E-state index is 0. The molecule has 0 saturated heterocycles. The molecule has 0 spiro atoms. The van der Waals surface area contributed by atoms with Crippen LogP contribution in [0.2, 0.25) is 0 Å². The lowest BCUT2D eigenvalue weighted by Gasteiger charge is -2.11. The largest absolute Gasteiger partial charge is 0.368 e. The molecule has 0 atom stereocenters. The van der Waals surface area contributed by atoms with E-state index in [1.165, 1.54) is 10.9 Å². The molecule has 0 aliphatic heterocycles. The van der Waals surface area contributed by atoms with Crippen LogP contribution in [0.1, 0.15) is 28.9 Å². The summed E-state index contributed by atoms with van der Waals surface area (Å²) in [5.74, 6) is -0.0234. The molecule has 5 nitrogen and oxygen atoms in total. The van der Waals surface area contributed by atoms with E-state index in [2.05, 4.69) is 5.10 Å². The average Bonchev–Trinajstić information content (AvgIpc) is 2.48. The van der Waals surface area contributed by atoms with Gasteiger partial charge in [-0.15, -0.1) is 12.4 Å². The molecule has 0 radical (unpaired) electrons. The Kier molecular flexibility index (Phi) is 2.90. The fourth-order valence-corrected chi connectivity index (χ4v) is 1.61. The van der Waals surface area contributed by atoms with Gasteiger partial charge < -0.3 is 5.73 Å². The van der Waals surface area contributed by atoms with Crippen molar-refractivity contribution in [3.05, 3.63) is 17.5 Å². The highest BCUT2D eigenvalue weighted by Gasteiger charge is 2.22. The van der Waals surface area contributed by atoms with E-state index >= 15 is 0 Å². The molecule has 0 unspecified atom stereocenters. The highest BCUT2D eigenvalue weighted by atomic mass is 35.5. The van der Waals surface area contributed by atoms with Crippen molar-refractivity contribution in [3.8, 4) is 0 Å². The predicted octanol–water partition coefficient (Wildman–Crippen LogP) is 0.565. The van der Waals surface area contributed by atoms with Gasteiger partial charge in [0.05, 0.1) is 17.5 Å². The summed E-state index contributed by atoms with van der Waals surface area (Å²) in [6.45, 7) is 0. The third kappa shape index (κ3) is 1.50. The fraction of sp³-hybridized carbons (Fsp3) is 0.375. The van der Waals surface area contributed by atoms with Crippen LogP contribution < -0.4 is 5.73 Å². The summed E-state index contributed by atoms with van der Waals surface area (Å²) < 4.78 is 1.33. The molecule has 0 aromatic carbocycles. The summed E-state index contributed by atoms with van der Waals surface area (Å²) in [4.78, 5) is 11.4. The smallest absolute Gasteiger partial charge is 0.213 e. The van der Waals surface area contributed by atoms with E-state index < -0.39 is 0 Å². The number of Topliss-reactive ketones (excluding diaryl/α,β-unsaturated/α-hetero) is 1. The summed E-state index contributed by atoms with van der Waals surface area (Å²) in [5, 5.41) is 11.1. The number of ketones is 1. The van der Waals surface area contributed by atoms with Crippen LogP contribution in [-0.4, -0.2) is 21.5 Å². The van der Waals surface area contributed by atoms with Crippen LogP contribution in [0.4, 0.5) is 0 Å². The number of hydrogen-bond donors (Lipinski definition) is 2. The van der Waals surface area contributed by atoms with Crippen molar-refractivity contribution in [1.82, 2.24) is 9.78 Å². The van der Waals surface area contributed by atoms with Gasteiger partial charge in [0.1, 0.15) is 0 Å². The first kappa shape index (κ1) is 10.7. The maximum absolute atomic E-state index is 11.4. The minimum Gasteiger partial charge on any atom is -0.368 e. The maximum Gasteiger partial charge on any atom is 0.213 e. The zero-order valence-corrected chi connectivity index (χ0v) is 8.30. The van der Waals surface area contributed by atoms with Gasteiger partial charge in [-0.1, -0.05) is 0 Å². The van der Waals surface area contributed by atoms with Gasteiger partial charge in [0.25, 0.3) is 0 Å². The van der Waals surface area contributed by atoms with Crippen molar-refractivity contribution in [2.24, 2.45) is 5.73 Å². The summed E-state index contributed by atoms with van der Waals surface area (Å²) in [5.41, 5.74) is 6.71. The van der Waals surface area contributed by atoms with E-state index in [0.717, 1.165) is 18.5 Å². The van der Waals surface area contributed by atoms with Crippen LogP contribution in [0.3, 0.4) is 0 Å². The van der Waals surface area contributed by atoms with Gasteiger partial charge >= 0.3 is 0 Å². The van der Waals surface area contributed by atoms with Crippen LogP contribution in [0.5, 0.6) is 0 Å². The van der Waals surface area contributed by atoms with E-state index in [0.29, 0.717) is 12.0 Å². The Balaban J connectivity index is 0.000000980. The summed E-state index contributed by atoms with van der Waals surface area (Å²) in [6, 6.07) is 0. The quantitative estimate of drug-likeness (QED) is 0.489. The Morgan fingerprint density at radius 1 is 1.57 bits per heavy atom. The number of halogens is 1. The van der Waals surface area contributed by atoms with E-state index in [-0.39, 0.29) is 24.1 Å².